The molecule has 1 aromatic heterocycles. The topological polar surface area (TPSA) is 104 Å². The van der Waals surface area contributed by atoms with Crippen LogP contribution in [0.5, 0.6) is 0 Å². The van der Waals surface area contributed by atoms with Crippen LogP contribution in [0.25, 0.3) is 5.69 Å². The number of hydrogen-bond donors (Lipinski definition) is 1. The fourth-order valence-corrected chi connectivity index (χ4v) is 2.22. The number of aromatic carboxylic acids is 1. The van der Waals surface area contributed by atoms with E-state index in [1.54, 1.807) is 13.0 Å². The van der Waals surface area contributed by atoms with E-state index in [2.05, 4.69) is 9.82 Å². The van der Waals surface area contributed by atoms with Crippen LogP contribution in [0.3, 0.4) is 0 Å². The first kappa shape index (κ1) is 18.3. The fourth-order valence-electron chi connectivity index (χ4n) is 1.70. The van der Waals surface area contributed by atoms with Gasteiger partial charge in [0.25, 0.3) is 0 Å². The van der Waals surface area contributed by atoms with E-state index in [0.29, 0.717) is 11.4 Å². The van der Waals surface area contributed by atoms with Gasteiger partial charge in [-0.05, 0) is 24.6 Å². The van der Waals surface area contributed by atoms with E-state index >= 15 is 0 Å². The number of nitrogens with zero attached hydrogens (tertiary/aromatic N) is 2. The van der Waals surface area contributed by atoms with E-state index < -0.39 is 16.0 Å². The molecule has 1 N–H and O–H groups in total. The van der Waals surface area contributed by atoms with Crippen LogP contribution in [0.1, 0.15) is 17.5 Å². The average molecular weight is 335 g/mol. The molecule has 0 saturated carbocycles. The molecule has 2 rings (SSSR count). The maximum Gasteiger partial charge on any atom is 1.00 e. The number of nitrogens with one attached hydrogen (secondary N) is 1. The SMILES string of the molecule is Cc1cc(NS(C)(=O)=O)n(-c2ccc(C(=O)[O-])cc2)n1.[HH].[K+]. The normalized spacial score (nSPS) is 10.8. The third-order valence-corrected chi connectivity index (χ3v) is 3.05. The molecule has 0 unspecified atom stereocenters. The largest absolute Gasteiger partial charge is 1.00 e. The second kappa shape index (κ2) is 7.03. The van der Waals surface area contributed by atoms with Crippen LogP contribution in [0, 0.1) is 6.92 Å². The number of sulfonamides is 1. The third kappa shape index (κ3) is 4.90. The van der Waals surface area contributed by atoms with Gasteiger partial charge in [0.15, 0.2) is 0 Å². The van der Waals surface area contributed by atoms with Gasteiger partial charge in [-0.15, -0.1) is 0 Å². The Morgan fingerprint density at radius 2 is 1.90 bits per heavy atom. The Bertz CT molecular complexity index is 759. The van der Waals surface area contributed by atoms with Crippen LogP contribution < -0.4 is 61.2 Å². The summed E-state index contributed by atoms with van der Waals surface area (Å²) in [5.74, 6) is -0.992. The fraction of sp³-hybridized carbons (Fsp3) is 0.167. The molecular formula is C12H14KN3O4S. The first-order valence-electron chi connectivity index (χ1n) is 5.62. The molecule has 7 nitrogen and oxygen atoms in total. The summed E-state index contributed by atoms with van der Waals surface area (Å²) in [4.78, 5) is 10.7. The van der Waals surface area contributed by atoms with Gasteiger partial charge >= 0.3 is 51.4 Å². The smallest absolute Gasteiger partial charge is 0.545 e. The predicted molar refractivity (Wildman–Crippen MR) is 73.2 cm³/mol. The number of carboxylic acid groups (broad SMARTS) is 1. The van der Waals surface area contributed by atoms with Crippen molar-refractivity contribution >= 4 is 21.8 Å². The molecule has 0 bridgehead atoms. The summed E-state index contributed by atoms with van der Waals surface area (Å²) in [6.45, 7) is 1.72. The molecule has 0 saturated heterocycles. The van der Waals surface area contributed by atoms with E-state index in [-0.39, 0.29) is 64.2 Å². The summed E-state index contributed by atoms with van der Waals surface area (Å²) >= 11 is 0. The van der Waals surface area contributed by atoms with E-state index in [0.717, 1.165) is 6.26 Å². The molecule has 0 spiro atoms. The Balaban J connectivity index is 0.00000220. The first-order chi connectivity index (χ1) is 9.26. The maximum atomic E-state index is 11.3. The number of benzene rings is 1. The van der Waals surface area contributed by atoms with Gasteiger partial charge in [0.1, 0.15) is 5.82 Å². The summed E-state index contributed by atoms with van der Waals surface area (Å²) in [6.07, 6.45) is 1.04. The molecule has 0 atom stereocenters. The summed E-state index contributed by atoms with van der Waals surface area (Å²) < 4.78 is 26.3. The second-order valence-electron chi connectivity index (χ2n) is 4.29. The standard InChI is InChI=1S/C12H13N3O4S.K.H2/c1-8-7-11(14-20(2,18)19)15(13-8)10-5-3-9(4-6-10)12(16)17;;/h3-7,14H,1-2H3,(H,16,17);;1H/q;+1;/p-1. The summed E-state index contributed by atoms with van der Waals surface area (Å²) in [5, 5.41) is 14.8. The molecule has 108 valence electrons. The Labute approximate surface area is 166 Å². The number of anilines is 1. The van der Waals surface area contributed by atoms with Crippen LogP contribution in [0.15, 0.2) is 30.3 Å². The van der Waals surface area contributed by atoms with E-state index in [1.807, 2.05) is 0 Å². The Kier molecular flexibility index (Phi) is 6.14. The van der Waals surface area contributed by atoms with Crippen LogP contribution in [0.4, 0.5) is 5.82 Å². The van der Waals surface area contributed by atoms with Crippen LogP contribution >= 0.6 is 0 Å². The quantitative estimate of drug-likeness (QED) is 0.606. The van der Waals surface area contributed by atoms with Crippen molar-refractivity contribution in [3.63, 3.8) is 0 Å². The van der Waals surface area contributed by atoms with Gasteiger partial charge in [0.2, 0.25) is 10.0 Å². The number of rotatable bonds is 4. The number of carbonyl (C=O) groups is 1. The summed E-state index contributed by atoms with van der Waals surface area (Å²) in [5.41, 5.74) is 1.20. The van der Waals surface area contributed by atoms with Gasteiger partial charge < -0.3 is 9.90 Å². The molecule has 9 heteroatoms. The molecule has 0 fully saturated rings. The minimum Gasteiger partial charge on any atom is -0.545 e. The molecule has 21 heavy (non-hydrogen) atoms. The van der Waals surface area contributed by atoms with Gasteiger partial charge in [0.05, 0.1) is 23.6 Å². The Morgan fingerprint density at radius 1 is 1.33 bits per heavy atom. The third-order valence-electron chi connectivity index (χ3n) is 2.47. The van der Waals surface area contributed by atoms with Crippen LogP contribution in [-0.4, -0.2) is 30.4 Å². The van der Waals surface area contributed by atoms with Crippen molar-refractivity contribution in [2.45, 2.75) is 6.92 Å². The number of aromatic nitrogens is 2. The molecule has 1 aromatic carbocycles. The number of aryl methyl sites for hydroxylation is 1. The average Bonchev–Trinajstić information content (AvgIpc) is 2.68. The van der Waals surface area contributed by atoms with Crippen molar-refractivity contribution in [1.82, 2.24) is 9.78 Å². The second-order valence-corrected chi connectivity index (χ2v) is 6.04. The van der Waals surface area contributed by atoms with Gasteiger partial charge in [-0.3, -0.25) is 4.72 Å². The molecule has 2 aromatic rings. The molecule has 0 amide bonds. The zero-order chi connectivity index (χ0) is 14.9. The number of carbonyl (C=O) groups excluding carboxylic acids is 1. The minimum absolute atomic E-state index is 0. The van der Waals surface area contributed by atoms with Crippen molar-refractivity contribution in [2.75, 3.05) is 11.0 Å². The number of carboxylic acids is 1. The zero-order valence-electron chi connectivity index (χ0n) is 11.8. The molecule has 1 heterocycles. The zero-order valence-corrected chi connectivity index (χ0v) is 15.8. The van der Waals surface area contributed by atoms with Crippen LogP contribution in [0.2, 0.25) is 0 Å². The van der Waals surface area contributed by atoms with Crippen molar-refractivity contribution < 1.29 is 71.1 Å². The van der Waals surface area contributed by atoms with Gasteiger partial charge in [0, 0.05) is 7.49 Å². The van der Waals surface area contributed by atoms with Crippen molar-refractivity contribution in [3.8, 4) is 5.69 Å². The van der Waals surface area contributed by atoms with E-state index in [9.17, 15) is 18.3 Å². The molecule has 0 radical (unpaired) electrons. The van der Waals surface area contributed by atoms with E-state index in [1.165, 1.54) is 28.9 Å². The Morgan fingerprint density at radius 3 is 2.38 bits per heavy atom. The maximum absolute atomic E-state index is 11.3. The first-order valence-corrected chi connectivity index (χ1v) is 7.51. The summed E-state index contributed by atoms with van der Waals surface area (Å²) in [6, 6.07) is 7.35. The van der Waals surface area contributed by atoms with Gasteiger partial charge in [-0.2, -0.15) is 5.10 Å². The monoisotopic (exact) mass is 335 g/mol. The molecular weight excluding hydrogens is 321 g/mol. The van der Waals surface area contributed by atoms with Crippen molar-refractivity contribution in [2.24, 2.45) is 0 Å². The number of hydrogen-bond acceptors (Lipinski definition) is 5. The van der Waals surface area contributed by atoms with Gasteiger partial charge in [-0.25, -0.2) is 13.1 Å². The predicted octanol–water partition coefficient (Wildman–Crippen LogP) is -2.83. The van der Waals surface area contributed by atoms with E-state index in [4.69, 9.17) is 0 Å². The molecule has 0 aliphatic carbocycles. The van der Waals surface area contributed by atoms with Gasteiger partial charge in [-0.1, -0.05) is 12.1 Å². The van der Waals surface area contributed by atoms with Crippen LogP contribution in [-0.2, 0) is 10.0 Å². The molecule has 0 aliphatic rings. The summed E-state index contributed by atoms with van der Waals surface area (Å²) in [7, 11) is -3.43. The molecule has 0 aliphatic heterocycles. The van der Waals surface area contributed by atoms with Crippen molar-refractivity contribution in [1.29, 1.82) is 0 Å². The van der Waals surface area contributed by atoms with Crippen molar-refractivity contribution in [3.05, 3.63) is 41.6 Å². The minimum atomic E-state index is -3.43. The Hall–Kier alpha value is -0.714.